The molecule has 2 amide bonds. The van der Waals surface area contributed by atoms with Gasteiger partial charge in [-0.25, -0.2) is 0 Å². The number of thiazole rings is 1. The summed E-state index contributed by atoms with van der Waals surface area (Å²) in [6.45, 7) is 2.23. The molecule has 2 N–H and O–H groups in total. The second-order valence-corrected chi connectivity index (χ2v) is 11.9. The van der Waals surface area contributed by atoms with E-state index in [1.54, 1.807) is 11.8 Å². The molecule has 2 aromatic rings. The van der Waals surface area contributed by atoms with Crippen molar-refractivity contribution in [2.45, 2.75) is 42.4 Å². The van der Waals surface area contributed by atoms with E-state index in [1.165, 1.54) is 21.8 Å². The van der Waals surface area contributed by atoms with E-state index in [1.807, 2.05) is 6.92 Å². The van der Waals surface area contributed by atoms with Crippen molar-refractivity contribution in [3.05, 3.63) is 49.9 Å². The molecule has 9 heteroatoms. The number of amides is 2. The minimum absolute atomic E-state index is 0.0377. The minimum atomic E-state index is -0.919. The number of H-pyrrole nitrogens is 1. The lowest BCUT2D eigenvalue weighted by molar-refractivity contribution is -0.142. The molecule has 3 fully saturated rings. The monoisotopic (exact) mass is 484 g/mol. The van der Waals surface area contributed by atoms with E-state index in [0.717, 1.165) is 21.9 Å². The molecule has 33 heavy (non-hydrogen) atoms. The van der Waals surface area contributed by atoms with Crippen LogP contribution in [0.2, 0.25) is 0 Å². The molecular weight excluding hydrogens is 460 g/mol. The zero-order valence-corrected chi connectivity index (χ0v) is 19.7. The van der Waals surface area contributed by atoms with Gasteiger partial charge in [0.15, 0.2) is 0 Å². The van der Waals surface area contributed by atoms with Gasteiger partial charge in [-0.15, -0.1) is 11.8 Å². The van der Waals surface area contributed by atoms with Crippen LogP contribution in [0.25, 0.3) is 0 Å². The number of aromatic nitrogens is 1. The molecule has 7 atom stereocenters. The zero-order valence-electron chi connectivity index (χ0n) is 18.0. The number of rotatable bonds is 5. The number of aryl methyl sites for hydroxylation is 1. The van der Waals surface area contributed by atoms with Crippen molar-refractivity contribution in [3.8, 4) is 0 Å². The van der Waals surface area contributed by atoms with E-state index < -0.39 is 5.97 Å². The first kappa shape index (κ1) is 21.2. The van der Waals surface area contributed by atoms with Gasteiger partial charge in [0.2, 0.25) is 11.8 Å². The number of hydrogen-bond donors (Lipinski definition) is 2. The van der Waals surface area contributed by atoms with Crippen LogP contribution < -0.4 is 4.87 Å². The number of hydrogen-bond acceptors (Lipinski definition) is 6. The molecule has 3 heterocycles. The third-order valence-corrected chi connectivity index (χ3v) is 10.6. The molecule has 7 nitrogen and oxygen atoms in total. The quantitative estimate of drug-likeness (QED) is 0.632. The second kappa shape index (κ2) is 7.56. The molecule has 1 aromatic carbocycles. The van der Waals surface area contributed by atoms with Crippen LogP contribution in [0.3, 0.4) is 0 Å². The van der Waals surface area contributed by atoms with Crippen LogP contribution in [0.4, 0.5) is 0 Å². The van der Waals surface area contributed by atoms with Gasteiger partial charge in [-0.2, -0.15) is 0 Å². The maximum absolute atomic E-state index is 13.4. The highest BCUT2D eigenvalue weighted by Gasteiger charge is 2.69. The Morgan fingerprint density at radius 2 is 1.82 bits per heavy atom. The summed E-state index contributed by atoms with van der Waals surface area (Å²) in [7, 11) is 0. The predicted octanol–water partition coefficient (Wildman–Crippen LogP) is 3.08. The topological polar surface area (TPSA) is 108 Å². The number of carbonyl (C=O) groups excluding carboxylic acids is 2. The van der Waals surface area contributed by atoms with Crippen molar-refractivity contribution in [3.63, 3.8) is 0 Å². The van der Waals surface area contributed by atoms with E-state index >= 15 is 0 Å². The van der Waals surface area contributed by atoms with Crippen molar-refractivity contribution >= 4 is 40.9 Å². The maximum Gasteiger partial charge on any atom is 0.305 e. The molecule has 2 aliphatic carbocycles. The van der Waals surface area contributed by atoms with Gasteiger partial charge in [0, 0.05) is 29.0 Å². The van der Waals surface area contributed by atoms with Crippen LogP contribution in [0.1, 0.15) is 41.2 Å². The van der Waals surface area contributed by atoms with E-state index in [-0.39, 0.29) is 76.8 Å². The summed E-state index contributed by atoms with van der Waals surface area (Å²) in [5.74, 6) is -1.38. The second-order valence-electron chi connectivity index (χ2n) is 9.70. The van der Waals surface area contributed by atoms with Gasteiger partial charge in [0.05, 0.1) is 16.9 Å². The van der Waals surface area contributed by atoms with E-state index in [2.05, 4.69) is 29.2 Å². The lowest BCUT2D eigenvalue weighted by Gasteiger charge is -2.43. The molecule has 2 aliphatic heterocycles. The van der Waals surface area contributed by atoms with Crippen molar-refractivity contribution in [2.24, 2.45) is 29.6 Å². The third-order valence-electron chi connectivity index (χ3n) is 8.02. The molecule has 172 valence electrons. The van der Waals surface area contributed by atoms with Crippen LogP contribution >= 0.6 is 23.1 Å². The minimum Gasteiger partial charge on any atom is -0.481 e. The van der Waals surface area contributed by atoms with E-state index in [9.17, 15) is 19.2 Å². The Morgan fingerprint density at radius 1 is 1.12 bits per heavy atom. The lowest BCUT2D eigenvalue weighted by atomic mass is 9.68. The van der Waals surface area contributed by atoms with Gasteiger partial charge < -0.3 is 10.1 Å². The molecule has 6 unspecified atom stereocenters. The van der Waals surface area contributed by atoms with E-state index in [0.29, 0.717) is 0 Å². The average molecular weight is 485 g/mol. The van der Waals surface area contributed by atoms with Crippen LogP contribution in [-0.4, -0.2) is 44.6 Å². The fraction of sp³-hybridized carbons (Fsp3) is 0.500. The predicted molar refractivity (Wildman–Crippen MR) is 123 cm³/mol. The molecular formula is C24H24N2O5S2. The molecule has 6 rings (SSSR count). The number of imide groups is 1. The van der Waals surface area contributed by atoms with Gasteiger partial charge in [0.25, 0.3) is 0 Å². The van der Waals surface area contributed by atoms with Crippen molar-refractivity contribution < 1.29 is 19.5 Å². The molecule has 0 radical (unpaired) electrons. The number of carboxylic acids is 1. The standard InChI is InChI=1S/C24H24N2O5S2/c1-10-4-6-11(7-5-10)15-16-12-9-13(19(16)32-21-20(15)33-24(31)25-21)18-17(12)22(29)26(23(18)30)8-2-3-14(27)28/h4-7,12-13,15-19H,2-3,8-9H2,1H3,(H,25,31)(H,27,28)/t12?,13?,15-,16?,17?,18?,19?/m1/s1. The number of aromatic amines is 1. The fourth-order valence-corrected chi connectivity index (χ4v) is 9.72. The highest BCUT2D eigenvalue weighted by atomic mass is 32.2. The molecule has 1 aromatic heterocycles. The Labute approximate surface area is 198 Å². The SMILES string of the molecule is Cc1ccc([C@H]2c3sc(=O)[nH]c3SC3C4CC(C5C(=O)N(CCCC(=O)O)C(=O)C45)C32)cc1. The summed E-state index contributed by atoms with van der Waals surface area (Å²) in [6.07, 6.45) is 1.09. The first-order chi connectivity index (χ1) is 15.8. The number of likely N-dealkylation sites (tertiary alicyclic amines) is 1. The number of thioether (sulfide) groups is 1. The van der Waals surface area contributed by atoms with Gasteiger partial charge in [-0.3, -0.25) is 24.1 Å². The number of aliphatic carboxylic acids is 1. The van der Waals surface area contributed by atoms with Crippen molar-refractivity contribution in [1.82, 2.24) is 9.88 Å². The Morgan fingerprint density at radius 3 is 2.52 bits per heavy atom. The Hall–Kier alpha value is -2.39. The van der Waals surface area contributed by atoms with E-state index in [4.69, 9.17) is 5.11 Å². The van der Waals surface area contributed by atoms with Gasteiger partial charge in [-0.05, 0) is 43.1 Å². The number of nitrogens with zero attached hydrogens (tertiary/aromatic N) is 1. The summed E-state index contributed by atoms with van der Waals surface area (Å²) in [5, 5.41) is 10.0. The number of nitrogens with one attached hydrogen (secondary N) is 1. The lowest BCUT2D eigenvalue weighted by Crippen LogP contribution is -2.42. The van der Waals surface area contributed by atoms with Gasteiger partial charge >= 0.3 is 10.8 Å². The number of carboxylic acid groups (broad SMARTS) is 1. The highest BCUT2D eigenvalue weighted by molar-refractivity contribution is 8.00. The van der Waals surface area contributed by atoms with Crippen LogP contribution in [0, 0.1) is 36.5 Å². The zero-order chi connectivity index (χ0) is 23.0. The first-order valence-corrected chi connectivity index (χ1v) is 13.1. The summed E-state index contributed by atoms with van der Waals surface area (Å²) < 4.78 is 0. The van der Waals surface area contributed by atoms with Gasteiger partial charge in [0.1, 0.15) is 0 Å². The molecule has 0 spiro atoms. The average Bonchev–Trinajstić information content (AvgIpc) is 3.49. The summed E-state index contributed by atoms with van der Waals surface area (Å²) in [5.41, 5.74) is 2.33. The Balaban J connectivity index is 1.37. The van der Waals surface area contributed by atoms with Gasteiger partial charge in [-0.1, -0.05) is 41.2 Å². The summed E-state index contributed by atoms with van der Waals surface area (Å²) in [6, 6.07) is 8.44. The summed E-state index contributed by atoms with van der Waals surface area (Å²) >= 11 is 2.95. The first-order valence-electron chi connectivity index (χ1n) is 11.4. The third kappa shape index (κ3) is 3.08. The number of fused-ring (bicyclic) bond motifs is 9. The molecule has 1 saturated heterocycles. The Bertz CT molecular complexity index is 1220. The fourth-order valence-electron chi connectivity index (χ4n) is 6.83. The van der Waals surface area contributed by atoms with Crippen molar-refractivity contribution in [1.29, 1.82) is 0 Å². The summed E-state index contributed by atoms with van der Waals surface area (Å²) in [4.78, 5) is 55.1. The van der Waals surface area contributed by atoms with Crippen LogP contribution in [-0.2, 0) is 14.4 Å². The highest BCUT2D eigenvalue weighted by Crippen LogP contribution is 2.68. The molecule has 2 bridgehead atoms. The van der Waals surface area contributed by atoms with Crippen molar-refractivity contribution in [2.75, 3.05) is 6.54 Å². The number of carbonyl (C=O) groups is 3. The number of benzene rings is 1. The van der Waals surface area contributed by atoms with Crippen LogP contribution in [0.5, 0.6) is 0 Å². The Kier molecular flexibility index (Phi) is 4.85. The molecule has 2 saturated carbocycles. The van der Waals surface area contributed by atoms with Crippen LogP contribution in [0.15, 0.2) is 34.1 Å². The maximum atomic E-state index is 13.4. The molecule has 4 aliphatic rings. The largest absolute Gasteiger partial charge is 0.481 e. The smallest absolute Gasteiger partial charge is 0.305 e. The normalized spacial score (nSPS) is 33.8.